The van der Waals surface area contributed by atoms with E-state index in [0.717, 1.165) is 16.7 Å². The molecular weight excluding hydrogens is 408 g/mol. The number of rotatable bonds is 2. The molecule has 7 aromatic rings. The first kappa shape index (κ1) is 17.8. The summed E-state index contributed by atoms with van der Waals surface area (Å²) >= 11 is 1.88. The Kier molecular flexibility index (Phi) is 3.78. The van der Waals surface area contributed by atoms with Gasteiger partial charge in [0.25, 0.3) is 0 Å². The molecule has 1 nitrogen and oxygen atoms in total. The van der Waals surface area contributed by atoms with Gasteiger partial charge in [0.1, 0.15) is 11.2 Å². The van der Waals surface area contributed by atoms with Crippen molar-refractivity contribution >= 4 is 53.4 Å². The molecular formula is C30H18OS. The Balaban J connectivity index is 1.56. The number of thiophene rings is 1. The van der Waals surface area contributed by atoms with Gasteiger partial charge in [0.2, 0.25) is 0 Å². The Morgan fingerprint density at radius 3 is 1.84 bits per heavy atom. The second kappa shape index (κ2) is 6.81. The normalized spacial score (nSPS) is 11.8. The highest BCUT2D eigenvalue weighted by molar-refractivity contribution is 7.26. The molecule has 0 bridgehead atoms. The second-order valence-corrected chi connectivity index (χ2v) is 9.13. The molecule has 0 atom stereocenters. The Hall–Kier alpha value is -3.88. The van der Waals surface area contributed by atoms with Gasteiger partial charge in [-0.05, 0) is 17.2 Å². The third kappa shape index (κ3) is 2.50. The van der Waals surface area contributed by atoms with Gasteiger partial charge in [-0.15, -0.1) is 11.3 Å². The van der Waals surface area contributed by atoms with Crippen molar-refractivity contribution in [1.82, 2.24) is 0 Å². The Bertz CT molecular complexity index is 1770. The molecule has 2 heterocycles. The maximum absolute atomic E-state index is 6.36. The Labute approximate surface area is 189 Å². The minimum absolute atomic E-state index is 0.935. The van der Waals surface area contributed by atoms with Crippen LogP contribution in [-0.2, 0) is 0 Å². The molecule has 0 fully saturated rings. The van der Waals surface area contributed by atoms with Gasteiger partial charge in [-0.25, -0.2) is 0 Å². The summed E-state index contributed by atoms with van der Waals surface area (Å²) in [5, 5.41) is 4.94. The monoisotopic (exact) mass is 426 g/mol. The van der Waals surface area contributed by atoms with Crippen molar-refractivity contribution in [2.75, 3.05) is 0 Å². The van der Waals surface area contributed by atoms with E-state index >= 15 is 0 Å². The second-order valence-electron chi connectivity index (χ2n) is 8.11. The lowest BCUT2D eigenvalue weighted by Gasteiger charge is -2.04. The van der Waals surface area contributed by atoms with E-state index in [1.807, 2.05) is 23.5 Å². The van der Waals surface area contributed by atoms with Gasteiger partial charge in [-0.3, -0.25) is 0 Å². The molecule has 2 aromatic heterocycles. The van der Waals surface area contributed by atoms with E-state index in [1.165, 1.54) is 47.6 Å². The molecule has 150 valence electrons. The molecule has 0 saturated carbocycles. The summed E-state index contributed by atoms with van der Waals surface area (Å²) in [6, 6.07) is 38.7. The van der Waals surface area contributed by atoms with Crippen LogP contribution in [0.15, 0.2) is 114 Å². The average Bonchev–Trinajstić information content (AvgIpc) is 3.43. The van der Waals surface area contributed by atoms with E-state index < -0.39 is 0 Å². The molecule has 0 saturated heterocycles. The average molecular weight is 427 g/mol. The summed E-state index contributed by atoms with van der Waals surface area (Å²) in [5.41, 5.74) is 6.82. The van der Waals surface area contributed by atoms with Crippen molar-refractivity contribution in [3.8, 4) is 22.3 Å². The third-order valence-corrected chi connectivity index (χ3v) is 7.59. The van der Waals surface area contributed by atoms with E-state index in [0.29, 0.717) is 0 Å². The van der Waals surface area contributed by atoms with Crippen LogP contribution < -0.4 is 0 Å². The van der Waals surface area contributed by atoms with Crippen molar-refractivity contribution in [2.45, 2.75) is 0 Å². The van der Waals surface area contributed by atoms with Gasteiger partial charge in [0.05, 0.1) is 0 Å². The first-order valence-electron chi connectivity index (χ1n) is 10.8. The Morgan fingerprint density at radius 2 is 1.03 bits per heavy atom. The zero-order valence-corrected chi connectivity index (χ0v) is 18.0. The highest BCUT2D eigenvalue weighted by Gasteiger charge is 2.17. The fraction of sp³-hybridized carbons (Fsp3) is 0. The van der Waals surface area contributed by atoms with E-state index in [4.69, 9.17) is 4.42 Å². The Morgan fingerprint density at radius 1 is 0.438 bits per heavy atom. The number of furan rings is 1. The number of benzene rings is 5. The third-order valence-electron chi connectivity index (χ3n) is 6.30. The lowest BCUT2D eigenvalue weighted by Crippen LogP contribution is -1.79. The molecule has 0 amide bonds. The van der Waals surface area contributed by atoms with Crippen LogP contribution in [0.1, 0.15) is 0 Å². The van der Waals surface area contributed by atoms with Crippen LogP contribution in [0.25, 0.3) is 64.4 Å². The van der Waals surface area contributed by atoms with Crippen molar-refractivity contribution in [1.29, 1.82) is 0 Å². The van der Waals surface area contributed by atoms with Crippen molar-refractivity contribution in [3.63, 3.8) is 0 Å². The van der Waals surface area contributed by atoms with E-state index in [-0.39, 0.29) is 0 Å². The number of fused-ring (bicyclic) bond motifs is 6. The van der Waals surface area contributed by atoms with Crippen molar-refractivity contribution in [3.05, 3.63) is 109 Å². The summed E-state index contributed by atoms with van der Waals surface area (Å²) < 4.78 is 8.99. The predicted molar refractivity (Wildman–Crippen MR) is 137 cm³/mol. The topological polar surface area (TPSA) is 13.1 Å². The minimum atomic E-state index is 0.935. The van der Waals surface area contributed by atoms with Crippen LogP contribution >= 0.6 is 11.3 Å². The standard InChI is InChI=1S/C30H18OS/c1-2-9-19(10-3-1)20-12-6-16-25-26-17-8-15-24(30(26)32-29(20)25)23-14-7-13-22-21-11-4-5-18-27(21)31-28(22)23/h1-18H. The van der Waals surface area contributed by atoms with E-state index in [9.17, 15) is 0 Å². The van der Waals surface area contributed by atoms with E-state index in [2.05, 4.69) is 97.1 Å². The molecule has 7 rings (SSSR count). The van der Waals surface area contributed by atoms with Crippen LogP contribution in [0.4, 0.5) is 0 Å². The fourth-order valence-corrected chi connectivity index (χ4v) is 6.20. The van der Waals surface area contributed by atoms with Gasteiger partial charge in [0, 0.05) is 42.1 Å². The van der Waals surface area contributed by atoms with Gasteiger partial charge in [0.15, 0.2) is 0 Å². The number of hydrogen-bond donors (Lipinski definition) is 0. The highest BCUT2D eigenvalue weighted by atomic mass is 32.1. The van der Waals surface area contributed by atoms with Crippen LogP contribution in [0.3, 0.4) is 0 Å². The lowest BCUT2D eigenvalue weighted by molar-refractivity contribution is 0.670. The van der Waals surface area contributed by atoms with Gasteiger partial charge in [-0.1, -0.05) is 103 Å². The van der Waals surface area contributed by atoms with Crippen molar-refractivity contribution < 1.29 is 4.42 Å². The van der Waals surface area contributed by atoms with Crippen LogP contribution in [0.2, 0.25) is 0 Å². The lowest BCUT2D eigenvalue weighted by atomic mass is 9.99. The summed E-state index contributed by atoms with van der Waals surface area (Å²) in [6.07, 6.45) is 0. The maximum Gasteiger partial charge on any atom is 0.143 e. The van der Waals surface area contributed by atoms with Crippen LogP contribution in [0.5, 0.6) is 0 Å². The molecule has 32 heavy (non-hydrogen) atoms. The van der Waals surface area contributed by atoms with Crippen LogP contribution in [-0.4, -0.2) is 0 Å². The van der Waals surface area contributed by atoms with Gasteiger partial charge >= 0.3 is 0 Å². The summed E-state index contributed by atoms with van der Waals surface area (Å²) in [4.78, 5) is 0. The number of hydrogen-bond acceptors (Lipinski definition) is 2. The summed E-state index contributed by atoms with van der Waals surface area (Å²) in [6.45, 7) is 0. The molecule has 0 aliphatic carbocycles. The predicted octanol–water partition coefficient (Wildman–Crippen LogP) is 9.29. The largest absolute Gasteiger partial charge is 0.455 e. The molecule has 2 heteroatoms. The highest BCUT2D eigenvalue weighted by Crippen LogP contribution is 2.45. The SMILES string of the molecule is c1ccc(-c2cccc3c2sc2c(-c4cccc5c4oc4ccccc45)cccc23)cc1. The zero-order valence-electron chi connectivity index (χ0n) is 17.2. The summed E-state index contributed by atoms with van der Waals surface area (Å²) in [7, 11) is 0. The molecule has 0 aliphatic rings. The zero-order chi connectivity index (χ0) is 21.1. The number of para-hydroxylation sites is 2. The quantitative estimate of drug-likeness (QED) is 0.268. The molecule has 0 radical (unpaired) electrons. The van der Waals surface area contributed by atoms with Gasteiger partial charge in [-0.2, -0.15) is 0 Å². The molecule has 0 unspecified atom stereocenters. The maximum atomic E-state index is 6.36. The minimum Gasteiger partial charge on any atom is -0.455 e. The molecule has 5 aromatic carbocycles. The first-order valence-corrected chi connectivity index (χ1v) is 11.6. The van der Waals surface area contributed by atoms with Crippen molar-refractivity contribution in [2.24, 2.45) is 0 Å². The van der Waals surface area contributed by atoms with E-state index in [1.54, 1.807) is 0 Å². The molecule has 0 N–H and O–H groups in total. The molecule has 0 aliphatic heterocycles. The fourth-order valence-electron chi connectivity index (χ4n) is 4.84. The smallest absolute Gasteiger partial charge is 0.143 e. The molecule has 0 spiro atoms. The first-order chi connectivity index (χ1) is 15.9. The van der Waals surface area contributed by atoms with Crippen LogP contribution in [0, 0.1) is 0 Å². The summed E-state index contributed by atoms with van der Waals surface area (Å²) in [5.74, 6) is 0. The van der Waals surface area contributed by atoms with Gasteiger partial charge < -0.3 is 4.42 Å².